The molecule has 0 bridgehead atoms. The van der Waals surface area contributed by atoms with Gasteiger partial charge in [0.15, 0.2) is 0 Å². The fourth-order valence-electron chi connectivity index (χ4n) is 1.60. The molecular formula is C10H17N3O3. The van der Waals surface area contributed by atoms with Gasteiger partial charge in [-0.2, -0.15) is 0 Å². The third-order valence-corrected chi connectivity index (χ3v) is 2.44. The van der Waals surface area contributed by atoms with E-state index in [1.165, 1.54) is 10.6 Å². The first-order valence-electron chi connectivity index (χ1n) is 5.07. The highest BCUT2D eigenvalue weighted by Crippen LogP contribution is 2.17. The molecule has 1 rings (SSSR count). The fourth-order valence-corrected chi connectivity index (χ4v) is 1.60. The van der Waals surface area contributed by atoms with Crippen molar-refractivity contribution in [2.24, 2.45) is 5.92 Å². The summed E-state index contributed by atoms with van der Waals surface area (Å²) in [6.45, 7) is 4.29. The summed E-state index contributed by atoms with van der Waals surface area (Å²) in [5, 5.41) is 0. The number of rotatable bonds is 4. The molecule has 0 saturated carbocycles. The van der Waals surface area contributed by atoms with Crippen molar-refractivity contribution < 1.29 is 4.74 Å². The van der Waals surface area contributed by atoms with E-state index in [1.807, 2.05) is 13.8 Å². The van der Waals surface area contributed by atoms with Crippen molar-refractivity contribution >= 4 is 5.82 Å². The zero-order valence-corrected chi connectivity index (χ0v) is 9.69. The Bertz CT molecular complexity index is 461. The Morgan fingerprint density at radius 3 is 2.56 bits per heavy atom. The van der Waals surface area contributed by atoms with Crippen LogP contribution in [0.5, 0.6) is 0 Å². The summed E-state index contributed by atoms with van der Waals surface area (Å²) in [6.07, 6.45) is 0. The molecule has 1 heterocycles. The number of anilines is 1. The maximum Gasteiger partial charge on any atom is 0.330 e. The van der Waals surface area contributed by atoms with Gasteiger partial charge in [0, 0.05) is 13.2 Å². The van der Waals surface area contributed by atoms with Crippen molar-refractivity contribution in [3.05, 3.63) is 26.9 Å². The van der Waals surface area contributed by atoms with E-state index in [0.717, 1.165) is 0 Å². The monoisotopic (exact) mass is 227 g/mol. The first-order valence-corrected chi connectivity index (χ1v) is 5.07. The Labute approximate surface area is 93.0 Å². The fraction of sp³-hybridized carbons (Fsp3) is 0.600. The normalized spacial score (nSPS) is 13.0. The minimum absolute atomic E-state index is 0.157. The number of hydrogen-bond acceptors (Lipinski definition) is 4. The predicted molar refractivity (Wildman–Crippen MR) is 61.5 cm³/mol. The molecule has 1 aromatic heterocycles. The van der Waals surface area contributed by atoms with Gasteiger partial charge in [-0.1, -0.05) is 13.8 Å². The molecule has 0 saturated heterocycles. The van der Waals surface area contributed by atoms with Crippen LogP contribution in [0, 0.1) is 5.92 Å². The first kappa shape index (κ1) is 12.5. The van der Waals surface area contributed by atoms with Crippen LogP contribution < -0.4 is 17.0 Å². The first-order chi connectivity index (χ1) is 7.47. The number of methoxy groups -OCH3 is 1. The average molecular weight is 227 g/mol. The highest BCUT2D eigenvalue weighted by atomic mass is 16.5. The lowest BCUT2D eigenvalue weighted by Crippen LogP contribution is -2.37. The molecule has 0 fully saturated rings. The van der Waals surface area contributed by atoms with Crippen LogP contribution in [-0.2, 0) is 4.74 Å². The van der Waals surface area contributed by atoms with Gasteiger partial charge in [-0.05, 0) is 5.92 Å². The lowest BCUT2D eigenvalue weighted by atomic mass is 10.1. The Morgan fingerprint density at radius 1 is 1.50 bits per heavy atom. The lowest BCUT2D eigenvalue weighted by molar-refractivity contribution is 0.131. The Hall–Kier alpha value is -1.56. The van der Waals surface area contributed by atoms with E-state index < -0.39 is 11.2 Å². The third-order valence-electron chi connectivity index (χ3n) is 2.44. The van der Waals surface area contributed by atoms with Gasteiger partial charge < -0.3 is 10.5 Å². The van der Waals surface area contributed by atoms with Gasteiger partial charge in [-0.25, -0.2) is 4.79 Å². The smallest absolute Gasteiger partial charge is 0.330 e. The van der Waals surface area contributed by atoms with Crippen molar-refractivity contribution in [3.8, 4) is 0 Å². The number of nitrogens with zero attached hydrogens (tertiary/aromatic N) is 1. The average Bonchev–Trinajstić information content (AvgIpc) is 2.14. The number of aromatic nitrogens is 2. The van der Waals surface area contributed by atoms with E-state index in [-0.39, 0.29) is 17.8 Å². The lowest BCUT2D eigenvalue weighted by Gasteiger charge is -2.23. The zero-order chi connectivity index (χ0) is 12.3. The van der Waals surface area contributed by atoms with Gasteiger partial charge in [0.05, 0.1) is 12.6 Å². The van der Waals surface area contributed by atoms with Crippen LogP contribution >= 0.6 is 0 Å². The minimum Gasteiger partial charge on any atom is -0.385 e. The molecule has 0 spiro atoms. The second-order valence-electron chi connectivity index (χ2n) is 4.00. The van der Waals surface area contributed by atoms with Gasteiger partial charge in [0.2, 0.25) is 0 Å². The van der Waals surface area contributed by atoms with Gasteiger partial charge in [0.25, 0.3) is 5.56 Å². The van der Waals surface area contributed by atoms with Gasteiger partial charge in [-0.15, -0.1) is 0 Å². The van der Waals surface area contributed by atoms with Crippen molar-refractivity contribution in [3.63, 3.8) is 0 Å². The number of nitrogens with one attached hydrogen (secondary N) is 1. The molecule has 0 aliphatic heterocycles. The van der Waals surface area contributed by atoms with Crippen LogP contribution in [0.4, 0.5) is 5.82 Å². The standard InChI is InChI=1S/C10H17N3O3/c1-6(2)7(5-16-3)13-8(11)4-9(14)12-10(13)15/h4,6-7H,5,11H2,1-3H3,(H,12,14,15). The Kier molecular flexibility index (Phi) is 3.89. The number of aromatic amines is 1. The van der Waals surface area contributed by atoms with E-state index >= 15 is 0 Å². The van der Waals surface area contributed by atoms with Gasteiger partial charge in [-0.3, -0.25) is 14.3 Å². The highest BCUT2D eigenvalue weighted by Gasteiger charge is 2.19. The minimum atomic E-state index is -0.499. The van der Waals surface area contributed by atoms with Crippen LogP contribution in [0.25, 0.3) is 0 Å². The maximum atomic E-state index is 11.7. The highest BCUT2D eigenvalue weighted by molar-refractivity contribution is 5.27. The number of ether oxygens (including phenoxy) is 1. The largest absolute Gasteiger partial charge is 0.385 e. The summed E-state index contributed by atoms with van der Waals surface area (Å²) in [4.78, 5) is 24.9. The zero-order valence-electron chi connectivity index (χ0n) is 9.69. The molecule has 0 aromatic carbocycles. The predicted octanol–water partition coefficient (Wildman–Crippen LogP) is -0.0377. The summed E-state index contributed by atoms with van der Waals surface area (Å²) in [6, 6.07) is 1.02. The molecule has 6 nitrogen and oxygen atoms in total. The molecule has 90 valence electrons. The summed E-state index contributed by atoms with van der Waals surface area (Å²) in [5.41, 5.74) is 4.69. The van der Waals surface area contributed by atoms with Crippen LogP contribution in [0.3, 0.4) is 0 Å². The van der Waals surface area contributed by atoms with Crippen LogP contribution in [0.2, 0.25) is 0 Å². The molecular weight excluding hydrogens is 210 g/mol. The molecule has 0 aliphatic rings. The summed E-state index contributed by atoms with van der Waals surface area (Å²) >= 11 is 0. The number of hydrogen-bond donors (Lipinski definition) is 2. The number of nitrogens with two attached hydrogens (primary N) is 1. The molecule has 16 heavy (non-hydrogen) atoms. The van der Waals surface area contributed by atoms with E-state index in [2.05, 4.69) is 4.98 Å². The topological polar surface area (TPSA) is 90.1 Å². The van der Waals surface area contributed by atoms with Gasteiger partial charge >= 0.3 is 5.69 Å². The second kappa shape index (κ2) is 4.98. The summed E-state index contributed by atoms with van der Waals surface area (Å²) in [5.74, 6) is 0.329. The van der Waals surface area contributed by atoms with Crippen LogP contribution in [0.15, 0.2) is 15.7 Å². The molecule has 3 N–H and O–H groups in total. The molecule has 0 radical (unpaired) electrons. The van der Waals surface area contributed by atoms with Crippen molar-refractivity contribution in [2.75, 3.05) is 19.5 Å². The Balaban J connectivity index is 3.29. The van der Waals surface area contributed by atoms with Crippen LogP contribution in [-0.4, -0.2) is 23.3 Å². The van der Waals surface area contributed by atoms with E-state index in [9.17, 15) is 9.59 Å². The number of nitrogen functional groups attached to an aromatic ring is 1. The Morgan fingerprint density at radius 2 is 2.12 bits per heavy atom. The van der Waals surface area contributed by atoms with Crippen molar-refractivity contribution in [2.45, 2.75) is 19.9 Å². The van der Waals surface area contributed by atoms with Gasteiger partial charge in [0.1, 0.15) is 5.82 Å². The summed E-state index contributed by atoms with van der Waals surface area (Å²) in [7, 11) is 1.56. The van der Waals surface area contributed by atoms with E-state index in [4.69, 9.17) is 10.5 Å². The second-order valence-corrected chi connectivity index (χ2v) is 4.00. The van der Waals surface area contributed by atoms with E-state index in [1.54, 1.807) is 7.11 Å². The van der Waals surface area contributed by atoms with Crippen LogP contribution in [0.1, 0.15) is 19.9 Å². The summed E-state index contributed by atoms with van der Waals surface area (Å²) < 4.78 is 6.41. The third kappa shape index (κ3) is 2.52. The molecule has 1 atom stereocenters. The van der Waals surface area contributed by atoms with E-state index in [0.29, 0.717) is 6.61 Å². The molecule has 0 aliphatic carbocycles. The maximum absolute atomic E-state index is 11.7. The van der Waals surface area contributed by atoms with Crippen molar-refractivity contribution in [1.82, 2.24) is 9.55 Å². The molecule has 6 heteroatoms. The molecule has 1 unspecified atom stereocenters. The van der Waals surface area contributed by atoms with Crippen molar-refractivity contribution in [1.29, 1.82) is 0 Å². The molecule has 1 aromatic rings. The quantitative estimate of drug-likeness (QED) is 0.755. The SMILES string of the molecule is COCC(C(C)C)n1c(N)cc(=O)[nH]c1=O. The molecule has 0 amide bonds. The number of H-pyrrole nitrogens is 1.